The summed E-state index contributed by atoms with van der Waals surface area (Å²) >= 11 is 0. The van der Waals surface area contributed by atoms with E-state index in [1.54, 1.807) is 11.0 Å². The number of carbonyl (C=O) groups is 2. The maximum absolute atomic E-state index is 13.2. The Hall–Kier alpha value is -2.45. The maximum Gasteiger partial charge on any atom is 0.418 e. The van der Waals surface area contributed by atoms with Crippen molar-refractivity contribution in [3.05, 3.63) is 29.8 Å². The minimum Gasteiger partial charge on any atom is -0.481 e. The van der Waals surface area contributed by atoms with Gasteiger partial charge in [0, 0.05) is 37.9 Å². The van der Waals surface area contributed by atoms with Crippen molar-refractivity contribution in [1.82, 2.24) is 10.2 Å². The number of rotatable bonds is 3. The third-order valence-corrected chi connectivity index (χ3v) is 5.36. The van der Waals surface area contributed by atoms with E-state index in [1.165, 1.54) is 17.0 Å². The zero-order chi connectivity index (χ0) is 20.5. The standard InChI is InChI=1S/C19H24F3N3O3/c1-12-8-13(17(26)27)10-25(9-12)18(28)23-14-6-7-24(11-14)16-5-3-2-4-15(16)19(20,21)22/h2-5,12-14H,6-11H2,1H3,(H,23,28)(H,26,27). The Kier molecular flexibility index (Phi) is 5.71. The first kappa shape index (κ1) is 20.3. The predicted octanol–water partition coefficient (Wildman–Crippen LogP) is 3.04. The Labute approximate surface area is 161 Å². The van der Waals surface area contributed by atoms with E-state index in [0.717, 1.165) is 6.07 Å². The first-order chi connectivity index (χ1) is 13.1. The Morgan fingerprint density at radius 3 is 2.57 bits per heavy atom. The van der Waals surface area contributed by atoms with Crippen LogP contribution in [0.5, 0.6) is 0 Å². The van der Waals surface area contributed by atoms with Crippen LogP contribution in [0.2, 0.25) is 0 Å². The van der Waals surface area contributed by atoms with Crippen molar-refractivity contribution < 1.29 is 27.9 Å². The zero-order valence-electron chi connectivity index (χ0n) is 15.6. The third kappa shape index (κ3) is 4.51. The van der Waals surface area contributed by atoms with Crippen LogP contribution in [-0.2, 0) is 11.0 Å². The van der Waals surface area contributed by atoms with Gasteiger partial charge in [-0.25, -0.2) is 4.79 Å². The molecule has 0 radical (unpaired) electrons. The van der Waals surface area contributed by atoms with Gasteiger partial charge in [0.2, 0.25) is 0 Å². The van der Waals surface area contributed by atoms with Crippen molar-refractivity contribution >= 4 is 17.7 Å². The predicted molar refractivity (Wildman–Crippen MR) is 97.1 cm³/mol. The number of nitrogens with one attached hydrogen (secondary N) is 1. The third-order valence-electron chi connectivity index (χ3n) is 5.36. The highest BCUT2D eigenvalue weighted by molar-refractivity contribution is 5.77. The van der Waals surface area contributed by atoms with Crippen LogP contribution in [0.15, 0.2) is 24.3 Å². The molecule has 2 saturated heterocycles. The van der Waals surface area contributed by atoms with Crippen molar-refractivity contribution in [2.45, 2.75) is 32.0 Å². The van der Waals surface area contributed by atoms with Crippen LogP contribution in [0.4, 0.5) is 23.7 Å². The molecular formula is C19H24F3N3O3. The first-order valence-electron chi connectivity index (χ1n) is 9.34. The monoisotopic (exact) mass is 399 g/mol. The second-order valence-electron chi connectivity index (χ2n) is 7.68. The number of alkyl halides is 3. The molecule has 3 atom stereocenters. The number of carboxylic acid groups (broad SMARTS) is 1. The highest BCUT2D eigenvalue weighted by atomic mass is 19.4. The Bertz CT molecular complexity index is 741. The molecule has 3 unspecified atom stereocenters. The Morgan fingerprint density at radius 1 is 1.18 bits per heavy atom. The molecule has 0 bridgehead atoms. The quantitative estimate of drug-likeness (QED) is 0.820. The van der Waals surface area contributed by atoms with Crippen molar-refractivity contribution in [2.24, 2.45) is 11.8 Å². The fourth-order valence-corrected chi connectivity index (χ4v) is 4.05. The topological polar surface area (TPSA) is 72.9 Å². The number of likely N-dealkylation sites (tertiary alicyclic amines) is 1. The number of piperidine rings is 1. The van der Waals surface area contributed by atoms with Gasteiger partial charge in [-0.05, 0) is 30.9 Å². The number of anilines is 1. The molecule has 28 heavy (non-hydrogen) atoms. The van der Waals surface area contributed by atoms with E-state index in [4.69, 9.17) is 0 Å². The van der Waals surface area contributed by atoms with Crippen LogP contribution in [0.25, 0.3) is 0 Å². The molecule has 1 aromatic rings. The summed E-state index contributed by atoms with van der Waals surface area (Å²) in [6, 6.07) is 4.79. The maximum atomic E-state index is 13.2. The fraction of sp³-hybridized carbons (Fsp3) is 0.579. The summed E-state index contributed by atoms with van der Waals surface area (Å²) in [5.74, 6) is -1.42. The van der Waals surface area contributed by atoms with E-state index in [2.05, 4.69) is 5.32 Å². The second kappa shape index (κ2) is 7.89. The van der Waals surface area contributed by atoms with Crippen LogP contribution in [0.1, 0.15) is 25.3 Å². The van der Waals surface area contributed by atoms with Crippen LogP contribution < -0.4 is 10.2 Å². The van der Waals surface area contributed by atoms with Crippen molar-refractivity contribution in [3.8, 4) is 0 Å². The van der Waals surface area contributed by atoms with Gasteiger partial charge in [-0.3, -0.25) is 4.79 Å². The summed E-state index contributed by atoms with van der Waals surface area (Å²) in [4.78, 5) is 27.0. The summed E-state index contributed by atoms with van der Waals surface area (Å²) in [6.45, 7) is 3.22. The van der Waals surface area contributed by atoms with Gasteiger partial charge in [-0.15, -0.1) is 0 Å². The van der Waals surface area contributed by atoms with Crippen molar-refractivity contribution in [1.29, 1.82) is 0 Å². The average Bonchev–Trinajstić information content (AvgIpc) is 3.08. The van der Waals surface area contributed by atoms with E-state index in [1.807, 2.05) is 6.92 Å². The lowest BCUT2D eigenvalue weighted by atomic mass is 9.91. The van der Waals surface area contributed by atoms with E-state index in [0.29, 0.717) is 25.9 Å². The second-order valence-corrected chi connectivity index (χ2v) is 7.68. The molecule has 9 heteroatoms. The number of urea groups is 1. The Morgan fingerprint density at radius 2 is 1.89 bits per heavy atom. The molecule has 0 spiro atoms. The van der Waals surface area contributed by atoms with Crippen molar-refractivity contribution in [3.63, 3.8) is 0 Å². The van der Waals surface area contributed by atoms with Gasteiger partial charge in [0.1, 0.15) is 0 Å². The lowest BCUT2D eigenvalue weighted by Crippen LogP contribution is -2.52. The highest BCUT2D eigenvalue weighted by Gasteiger charge is 2.37. The SMILES string of the molecule is CC1CC(C(=O)O)CN(C(=O)NC2CCN(c3ccccc3C(F)(F)F)C2)C1. The number of hydrogen-bond acceptors (Lipinski definition) is 3. The van der Waals surface area contributed by atoms with E-state index < -0.39 is 23.6 Å². The van der Waals surface area contributed by atoms with E-state index in [9.17, 15) is 27.9 Å². The molecule has 1 aromatic carbocycles. The molecule has 0 saturated carbocycles. The average molecular weight is 399 g/mol. The molecule has 2 fully saturated rings. The lowest BCUT2D eigenvalue weighted by Gasteiger charge is -2.35. The van der Waals surface area contributed by atoms with Crippen LogP contribution in [0, 0.1) is 11.8 Å². The zero-order valence-corrected chi connectivity index (χ0v) is 15.6. The number of carbonyl (C=O) groups excluding carboxylic acids is 1. The van der Waals surface area contributed by atoms with Crippen LogP contribution >= 0.6 is 0 Å². The van der Waals surface area contributed by atoms with Gasteiger partial charge < -0.3 is 20.2 Å². The molecule has 2 heterocycles. The summed E-state index contributed by atoms with van der Waals surface area (Å²) in [5, 5.41) is 12.1. The number of halogens is 3. The number of aliphatic carboxylic acids is 1. The number of nitrogens with zero attached hydrogens (tertiary/aromatic N) is 2. The molecule has 2 amide bonds. The van der Waals surface area contributed by atoms with E-state index >= 15 is 0 Å². The molecule has 3 rings (SSSR count). The first-order valence-corrected chi connectivity index (χ1v) is 9.34. The molecule has 154 valence electrons. The normalized spacial score (nSPS) is 25.6. The van der Waals surface area contributed by atoms with Gasteiger partial charge in [0.25, 0.3) is 0 Å². The molecule has 2 N–H and O–H groups in total. The van der Waals surface area contributed by atoms with E-state index in [-0.39, 0.29) is 36.8 Å². The van der Waals surface area contributed by atoms with Gasteiger partial charge in [-0.2, -0.15) is 13.2 Å². The molecule has 0 aromatic heterocycles. The van der Waals surface area contributed by atoms with Gasteiger partial charge in [0.05, 0.1) is 11.5 Å². The minimum absolute atomic E-state index is 0.0827. The smallest absolute Gasteiger partial charge is 0.418 e. The largest absolute Gasteiger partial charge is 0.481 e. The van der Waals surface area contributed by atoms with Gasteiger partial charge in [-0.1, -0.05) is 19.1 Å². The molecule has 2 aliphatic heterocycles. The molecule has 6 nitrogen and oxygen atoms in total. The number of para-hydroxylation sites is 1. The fourth-order valence-electron chi connectivity index (χ4n) is 4.05. The number of amides is 2. The number of benzene rings is 1. The van der Waals surface area contributed by atoms with Crippen LogP contribution in [0.3, 0.4) is 0 Å². The summed E-state index contributed by atoms with van der Waals surface area (Å²) in [5.41, 5.74) is -0.569. The Balaban J connectivity index is 1.62. The summed E-state index contributed by atoms with van der Waals surface area (Å²) in [7, 11) is 0. The molecule has 0 aliphatic carbocycles. The highest BCUT2D eigenvalue weighted by Crippen LogP contribution is 2.37. The number of carboxylic acids is 1. The summed E-state index contributed by atoms with van der Waals surface area (Å²) < 4.78 is 39.7. The number of hydrogen-bond donors (Lipinski definition) is 2. The van der Waals surface area contributed by atoms with Crippen molar-refractivity contribution in [2.75, 3.05) is 31.1 Å². The lowest BCUT2D eigenvalue weighted by molar-refractivity contribution is -0.143. The molecular weight excluding hydrogens is 375 g/mol. The van der Waals surface area contributed by atoms with Gasteiger partial charge in [0.15, 0.2) is 0 Å². The summed E-state index contributed by atoms with van der Waals surface area (Å²) in [6.07, 6.45) is -3.37. The minimum atomic E-state index is -4.44. The van der Waals surface area contributed by atoms with Crippen LogP contribution in [-0.4, -0.2) is 54.2 Å². The molecule has 2 aliphatic rings. The van der Waals surface area contributed by atoms with Gasteiger partial charge >= 0.3 is 18.2 Å².